The van der Waals surface area contributed by atoms with Crippen molar-refractivity contribution in [2.45, 2.75) is 19.9 Å². The first kappa shape index (κ1) is 13.1. The minimum atomic E-state index is -0.349. The Labute approximate surface area is 112 Å². The SMILES string of the molecule is CCOC(=O)c1cnn(C(C)c2ccc(N)cc2)c1. The van der Waals surface area contributed by atoms with Crippen LogP contribution in [0.1, 0.15) is 35.8 Å². The molecule has 19 heavy (non-hydrogen) atoms. The molecule has 2 rings (SSSR count). The van der Waals surface area contributed by atoms with Crippen LogP contribution < -0.4 is 5.73 Å². The summed E-state index contributed by atoms with van der Waals surface area (Å²) in [4.78, 5) is 11.6. The average Bonchev–Trinajstić information content (AvgIpc) is 2.89. The molecule has 5 nitrogen and oxygen atoms in total. The number of carbonyl (C=O) groups excluding carboxylic acids is 1. The summed E-state index contributed by atoms with van der Waals surface area (Å²) in [6.45, 7) is 4.14. The number of nitrogen functional groups attached to an aromatic ring is 1. The second kappa shape index (κ2) is 5.56. The van der Waals surface area contributed by atoms with Gasteiger partial charge < -0.3 is 10.5 Å². The summed E-state index contributed by atoms with van der Waals surface area (Å²) >= 11 is 0. The Hall–Kier alpha value is -2.30. The van der Waals surface area contributed by atoms with Gasteiger partial charge >= 0.3 is 5.97 Å². The van der Waals surface area contributed by atoms with Gasteiger partial charge in [-0.05, 0) is 31.5 Å². The molecule has 1 aromatic carbocycles. The first-order chi connectivity index (χ1) is 9.11. The predicted octanol–water partition coefficient (Wildman–Crippen LogP) is 2.25. The molecule has 2 N–H and O–H groups in total. The van der Waals surface area contributed by atoms with Crippen molar-refractivity contribution in [2.24, 2.45) is 0 Å². The highest BCUT2D eigenvalue weighted by atomic mass is 16.5. The van der Waals surface area contributed by atoms with Crippen molar-refractivity contribution < 1.29 is 9.53 Å². The highest BCUT2D eigenvalue weighted by Crippen LogP contribution is 2.19. The van der Waals surface area contributed by atoms with Crippen LogP contribution in [0.3, 0.4) is 0 Å². The van der Waals surface area contributed by atoms with E-state index in [9.17, 15) is 4.79 Å². The van der Waals surface area contributed by atoms with E-state index in [1.807, 2.05) is 31.2 Å². The number of carbonyl (C=O) groups is 1. The lowest BCUT2D eigenvalue weighted by Crippen LogP contribution is -2.08. The Kier molecular flexibility index (Phi) is 3.85. The van der Waals surface area contributed by atoms with Crippen molar-refractivity contribution in [3.63, 3.8) is 0 Å². The molecule has 1 heterocycles. The monoisotopic (exact) mass is 259 g/mol. The number of benzene rings is 1. The Balaban J connectivity index is 2.18. The van der Waals surface area contributed by atoms with Crippen LogP contribution in [0.5, 0.6) is 0 Å². The molecule has 5 heteroatoms. The molecule has 0 saturated carbocycles. The van der Waals surface area contributed by atoms with Crippen molar-refractivity contribution in [3.8, 4) is 0 Å². The molecular formula is C14H17N3O2. The van der Waals surface area contributed by atoms with Gasteiger partial charge in [-0.25, -0.2) is 4.79 Å². The number of anilines is 1. The van der Waals surface area contributed by atoms with Gasteiger partial charge in [0.05, 0.1) is 24.4 Å². The van der Waals surface area contributed by atoms with Crippen LogP contribution in [0.2, 0.25) is 0 Å². The van der Waals surface area contributed by atoms with Crippen molar-refractivity contribution in [1.82, 2.24) is 9.78 Å². The lowest BCUT2D eigenvalue weighted by Gasteiger charge is -2.12. The zero-order chi connectivity index (χ0) is 13.8. The minimum Gasteiger partial charge on any atom is -0.462 e. The summed E-state index contributed by atoms with van der Waals surface area (Å²) in [5.41, 5.74) is 7.92. The van der Waals surface area contributed by atoms with E-state index in [1.54, 1.807) is 17.8 Å². The van der Waals surface area contributed by atoms with Crippen LogP contribution in [0.25, 0.3) is 0 Å². The molecule has 1 aromatic heterocycles. The molecule has 0 radical (unpaired) electrons. The lowest BCUT2D eigenvalue weighted by molar-refractivity contribution is 0.0526. The molecule has 0 aliphatic heterocycles. The number of esters is 1. The molecule has 0 spiro atoms. The maximum absolute atomic E-state index is 11.6. The zero-order valence-electron chi connectivity index (χ0n) is 11.0. The Bertz CT molecular complexity index is 560. The van der Waals surface area contributed by atoms with Crippen LogP contribution in [-0.4, -0.2) is 22.4 Å². The minimum absolute atomic E-state index is 0.0313. The molecule has 0 bridgehead atoms. The quantitative estimate of drug-likeness (QED) is 0.675. The second-order valence-corrected chi connectivity index (χ2v) is 4.27. The Morgan fingerprint density at radius 3 is 2.74 bits per heavy atom. The van der Waals surface area contributed by atoms with Crippen LogP contribution in [0.15, 0.2) is 36.7 Å². The molecule has 0 aliphatic rings. The lowest BCUT2D eigenvalue weighted by atomic mass is 10.1. The van der Waals surface area contributed by atoms with Gasteiger partial charge in [0.15, 0.2) is 0 Å². The Morgan fingerprint density at radius 2 is 2.11 bits per heavy atom. The number of hydrogen-bond acceptors (Lipinski definition) is 4. The first-order valence-corrected chi connectivity index (χ1v) is 6.18. The molecule has 0 amide bonds. The highest BCUT2D eigenvalue weighted by molar-refractivity contribution is 5.88. The molecule has 1 atom stereocenters. The summed E-state index contributed by atoms with van der Waals surface area (Å²) < 4.78 is 6.67. The van der Waals surface area contributed by atoms with Crippen LogP contribution >= 0.6 is 0 Å². The zero-order valence-corrected chi connectivity index (χ0v) is 11.0. The molecule has 0 saturated heterocycles. The second-order valence-electron chi connectivity index (χ2n) is 4.27. The van der Waals surface area contributed by atoms with E-state index in [0.717, 1.165) is 11.3 Å². The standard InChI is InChI=1S/C14H17N3O2/c1-3-19-14(18)12-8-16-17(9-12)10(2)11-4-6-13(15)7-5-11/h4-10H,3,15H2,1-2H3. The van der Waals surface area contributed by atoms with Gasteiger partial charge in [0.1, 0.15) is 0 Å². The van der Waals surface area contributed by atoms with Crippen molar-refractivity contribution >= 4 is 11.7 Å². The molecule has 0 aliphatic carbocycles. The van der Waals surface area contributed by atoms with Gasteiger partial charge in [-0.1, -0.05) is 12.1 Å². The van der Waals surface area contributed by atoms with E-state index < -0.39 is 0 Å². The van der Waals surface area contributed by atoms with Crippen LogP contribution in [-0.2, 0) is 4.74 Å². The van der Waals surface area contributed by atoms with Crippen molar-refractivity contribution in [3.05, 3.63) is 47.8 Å². The molecule has 0 fully saturated rings. The van der Waals surface area contributed by atoms with E-state index in [-0.39, 0.29) is 12.0 Å². The van der Waals surface area contributed by atoms with Gasteiger partial charge in [-0.3, -0.25) is 4.68 Å². The van der Waals surface area contributed by atoms with Gasteiger partial charge in [0.2, 0.25) is 0 Å². The molecule has 2 aromatic rings. The fourth-order valence-electron chi connectivity index (χ4n) is 1.80. The third kappa shape index (κ3) is 2.93. The molecule has 1 unspecified atom stereocenters. The highest BCUT2D eigenvalue weighted by Gasteiger charge is 2.13. The first-order valence-electron chi connectivity index (χ1n) is 6.18. The van der Waals surface area contributed by atoms with E-state index in [2.05, 4.69) is 5.10 Å². The number of rotatable bonds is 4. The van der Waals surface area contributed by atoms with Gasteiger partial charge in [0.25, 0.3) is 0 Å². The Morgan fingerprint density at radius 1 is 1.42 bits per heavy atom. The van der Waals surface area contributed by atoms with Gasteiger partial charge in [0, 0.05) is 11.9 Å². The summed E-state index contributed by atoms with van der Waals surface area (Å²) in [6, 6.07) is 7.63. The molecule has 100 valence electrons. The largest absolute Gasteiger partial charge is 0.462 e. The van der Waals surface area contributed by atoms with E-state index in [1.165, 1.54) is 6.20 Å². The summed E-state index contributed by atoms with van der Waals surface area (Å²) in [7, 11) is 0. The fourth-order valence-corrected chi connectivity index (χ4v) is 1.80. The smallest absolute Gasteiger partial charge is 0.341 e. The number of ether oxygens (including phenoxy) is 1. The number of aromatic nitrogens is 2. The summed E-state index contributed by atoms with van der Waals surface area (Å²) in [5, 5.41) is 4.20. The average molecular weight is 259 g/mol. The van der Waals surface area contributed by atoms with Crippen molar-refractivity contribution in [1.29, 1.82) is 0 Å². The van der Waals surface area contributed by atoms with E-state index >= 15 is 0 Å². The number of hydrogen-bond donors (Lipinski definition) is 1. The number of nitrogens with two attached hydrogens (primary N) is 1. The van der Waals surface area contributed by atoms with E-state index in [0.29, 0.717) is 12.2 Å². The topological polar surface area (TPSA) is 70.1 Å². The third-order valence-electron chi connectivity index (χ3n) is 2.93. The molecular weight excluding hydrogens is 242 g/mol. The maximum Gasteiger partial charge on any atom is 0.341 e. The maximum atomic E-state index is 11.6. The normalized spacial score (nSPS) is 12.1. The fraction of sp³-hybridized carbons (Fsp3) is 0.286. The van der Waals surface area contributed by atoms with Crippen LogP contribution in [0, 0.1) is 0 Å². The predicted molar refractivity (Wildman–Crippen MR) is 72.9 cm³/mol. The summed E-state index contributed by atoms with van der Waals surface area (Å²) in [5.74, 6) is -0.349. The van der Waals surface area contributed by atoms with E-state index in [4.69, 9.17) is 10.5 Å². The summed E-state index contributed by atoms with van der Waals surface area (Å²) in [6.07, 6.45) is 3.21. The van der Waals surface area contributed by atoms with Gasteiger partial charge in [-0.2, -0.15) is 5.10 Å². The third-order valence-corrected chi connectivity index (χ3v) is 2.93. The van der Waals surface area contributed by atoms with Gasteiger partial charge in [-0.15, -0.1) is 0 Å². The van der Waals surface area contributed by atoms with Crippen LogP contribution in [0.4, 0.5) is 5.69 Å². The number of nitrogens with zero attached hydrogens (tertiary/aromatic N) is 2. The van der Waals surface area contributed by atoms with Crippen molar-refractivity contribution in [2.75, 3.05) is 12.3 Å².